The third kappa shape index (κ3) is 7.13. The number of ether oxygens (including phenoxy) is 2. The van der Waals surface area contributed by atoms with Gasteiger partial charge in [-0.25, -0.2) is 8.42 Å². The van der Waals surface area contributed by atoms with E-state index in [1.165, 1.54) is 13.2 Å². The third-order valence-corrected chi connectivity index (χ3v) is 7.39. The highest BCUT2D eigenvalue weighted by molar-refractivity contribution is 7.91. The number of carbonyl (C=O) groups is 1. The Hall–Kier alpha value is -3.75. The monoisotopic (exact) mass is 526 g/mol. The molecule has 0 spiro atoms. The molecule has 1 N–H and O–H groups in total. The Morgan fingerprint density at radius 1 is 1.22 bits per heavy atom. The van der Waals surface area contributed by atoms with E-state index in [4.69, 9.17) is 9.47 Å². The van der Waals surface area contributed by atoms with Gasteiger partial charge in [-0.2, -0.15) is 14.6 Å². The minimum atomic E-state index is -3.65. The fourth-order valence-electron chi connectivity index (χ4n) is 3.24. The predicted octanol–water partition coefficient (Wildman–Crippen LogP) is 4.41. The number of aryl methyl sites for hydroxylation is 1. The van der Waals surface area contributed by atoms with Crippen molar-refractivity contribution in [1.29, 1.82) is 5.26 Å². The van der Waals surface area contributed by atoms with Crippen molar-refractivity contribution in [2.45, 2.75) is 32.5 Å². The van der Waals surface area contributed by atoms with Crippen LogP contribution >= 0.6 is 11.5 Å². The van der Waals surface area contributed by atoms with Crippen LogP contribution in [0.2, 0.25) is 0 Å². The average Bonchev–Trinajstić information content (AvgIpc) is 3.30. The zero-order chi connectivity index (χ0) is 26.3. The first-order valence-electron chi connectivity index (χ1n) is 11.0. The van der Waals surface area contributed by atoms with E-state index in [-0.39, 0.29) is 27.5 Å². The number of nitrogens with zero attached hydrogens (tertiary/aromatic N) is 3. The summed E-state index contributed by atoms with van der Waals surface area (Å²) in [6.07, 6.45) is 1.39. The summed E-state index contributed by atoms with van der Waals surface area (Å²) in [5.41, 5.74) is 2.49. The largest absolute Gasteiger partial charge is 0.493 e. The van der Waals surface area contributed by atoms with Gasteiger partial charge in [0, 0.05) is 11.5 Å². The van der Waals surface area contributed by atoms with Crippen molar-refractivity contribution < 1.29 is 22.7 Å². The maximum Gasteiger partial charge on any atom is 0.268 e. The molecule has 0 aliphatic heterocycles. The molecular formula is C25H26N4O5S2. The highest BCUT2D eigenvalue weighted by atomic mass is 32.2. The van der Waals surface area contributed by atoms with E-state index >= 15 is 0 Å². The molecule has 2 aromatic carbocycles. The number of benzene rings is 2. The standard InChI is InChI=1S/C25H26N4O5S2/c1-16(2)15-36(31,32)25-28-24(35-29-25)27-23(30)20(13-26)11-18-8-9-21(22(12-18)33-4)34-14-19-7-5-6-17(3)10-19/h5-12,16H,14-15H2,1-4H3,(H,27,28,29,30). The Morgan fingerprint density at radius 2 is 2.00 bits per heavy atom. The Balaban J connectivity index is 1.73. The molecule has 1 amide bonds. The van der Waals surface area contributed by atoms with Crippen molar-refractivity contribution in [1.82, 2.24) is 9.36 Å². The molecule has 0 atom stereocenters. The van der Waals surface area contributed by atoms with Crippen molar-refractivity contribution in [3.05, 3.63) is 64.7 Å². The zero-order valence-electron chi connectivity index (χ0n) is 20.3. The van der Waals surface area contributed by atoms with Gasteiger partial charge in [-0.05, 0) is 42.2 Å². The molecule has 0 saturated carbocycles. The molecule has 36 heavy (non-hydrogen) atoms. The summed E-state index contributed by atoms with van der Waals surface area (Å²) < 4.78 is 39.7. The van der Waals surface area contributed by atoms with Gasteiger partial charge in [-0.3, -0.25) is 10.1 Å². The van der Waals surface area contributed by atoms with E-state index in [2.05, 4.69) is 14.7 Å². The quantitative estimate of drug-likeness (QED) is 0.304. The molecular weight excluding hydrogens is 500 g/mol. The number of methoxy groups -OCH3 is 1. The number of rotatable bonds is 10. The Labute approximate surface area is 214 Å². The first-order chi connectivity index (χ1) is 17.1. The lowest BCUT2D eigenvalue weighted by Crippen LogP contribution is -2.15. The van der Waals surface area contributed by atoms with E-state index in [9.17, 15) is 18.5 Å². The highest BCUT2D eigenvalue weighted by Crippen LogP contribution is 2.30. The van der Waals surface area contributed by atoms with Crippen LogP contribution in [0.1, 0.15) is 30.5 Å². The summed E-state index contributed by atoms with van der Waals surface area (Å²) in [7, 11) is -2.15. The van der Waals surface area contributed by atoms with Gasteiger partial charge in [0.2, 0.25) is 15.0 Å². The van der Waals surface area contributed by atoms with Crippen LogP contribution in [0.5, 0.6) is 11.5 Å². The summed E-state index contributed by atoms with van der Waals surface area (Å²) in [6.45, 7) is 5.91. The van der Waals surface area contributed by atoms with Gasteiger partial charge in [0.1, 0.15) is 18.2 Å². The summed E-state index contributed by atoms with van der Waals surface area (Å²) >= 11 is 0.733. The molecule has 3 aromatic rings. The fraction of sp³-hybridized carbons (Fsp3) is 0.280. The van der Waals surface area contributed by atoms with Crippen LogP contribution in [0.25, 0.3) is 6.08 Å². The predicted molar refractivity (Wildman–Crippen MR) is 138 cm³/mol. The smallest absolute Gasteiger partial charge is 0.268 e. The molecule has 3 rings (SSSR count). The van der Waals surface area contributed by atoms with E-state index in [0.717, 1.165) is 22.7 Å². The third-order valence-electron chi connectivity index (χ3n) is 4.80. The topological polar surface area (TPSA) is 131 Å². The molecule has 0 saturated heterocycles. The molecule has 11 heteroatoms. The zero-order valence-corrected chi connectivity index (χ0v) is 21.9. The van der Waals surface area contributed by atoms with Crippen LogP contribution in [0.3, 0.4) is 0 Å². The van der Waals surface area contributed by atoms with Gasteiger partial charge in [0.05, 0.1) is 12.9 Å². The number of hydrogen-bond donors (Lipinski definition) is 1. The number of aromatic nitrogens is 2. The van der Waals surface area contributed by atoms with Crippen LogP contribution in [0.4, 0.5) is 5.13 Å². The lowest BCUT2D eigenvalue weighted by atomic mass is 10.1. The van der Waals surface area contributed by atoms with Crippen LogP contribution in [0, 0.1) is 24.2 Å². The second-order valence-corrected chi connectivity index (χ2v) is 11.0. The maximum atomic E-state index is 12.6. The number of anilines is 1. The number of amides is 1. The molecule has 1 aromatic heterocycles. The lowest BCUT2D eigenvalue weighted by molar-refractivity contribution is -0.112. The molecule has 0 aliphatic rings. The normalized spacial score (nSPS) is 11.7. The van der Waals surface area contributed by atoms with E-state index in [0.29, 0.717) is 23.7 Å². The summed E-state index contributed by atoms with van der Waals surface area (Å²) in [6, 6.07) is 14.9. The Kier molecular flexibility index (Phi) is 8.79. The van der Waals surface area contributed by atoms with Gasteiger partial charge in [-0.1, -0.05) is 49.7 Å². The van der Waals surface area contributed by atoms with E-state index < -0.39 is 15.7 Å². The van der Waals surface area contributed by atoms with Gasteiger partial charge < -0.3 is 9.47 Å². The molecule has 188 valence electrons. The van der Waals surface area contributed by atoms with Crippen molar-refractivity contribution in [3.63, 3.8) is 0 Å². The molecule has 0 unspecified atom stereocenters. The van der Waals surface area contributed by atoms with Gasteiger partial charge in [0.15, 0.2) is 11.5 Å². The first kappa shape index (κ1) is 26.8. The molecule has 0 aliphatic carbocycles. The fourth-order valence-corrected chi connectivity index (χ4v) is 5.59. The molecule has 0 bridgehead atoms. The molecule has 9 nitrogen and oxygen atoms in total. The molecule has 0 fully saturated rings. The number of sulfone groups is 1. The Morgan fingerprint density at radius 3 is 2.67 bits per heavy atom. The number of carbonyl (C=O) groups excluding carboxylic acids is 1. The van der Waals surface area contributed by atoms with Gasteiger partial charge in [-0.15, -0.1) is 0 Å². The Bertz CT molecular complexity index is 1420. The molecule has 1 heterocycles. The molecule has 0 radical (unpaired) electrons. The average molecular weight is 527 g/mol. The van der Waals surface area contributed by atoms with Gasteiger partial charge >= 0.3 is 0 Å². The van der Waals surface area contributed by atoms with E-state index in [1.807, 2.05) is 37.3 Å². The van der Waals surface area contributed by atoms with Crippen molar-refractivity contribution >= 4 is 38.5 Å². The minimum Gasteiger partial charge on any atom is -0.493 e. The first-order valence-corrected chi connectivity index (χ1v) is 13.4. The van der Waals surface area contributed by atoms with Crippen LogP contribution in [0.15, 0.2) is 53.2 Å². The number of nitriles is 1. The highest BCUT2D eigenvalue weighted by Gasteiger charge is 2.23. The van der Waals surface area contributed by atoms with Gasteiger partial charge in [0.25, 0.3) is 11.1 Å². The SMILES string of the molecule is COc1cc(C=C(C#N)C(=O)Nc2nc(S(=O)(=O)CC(C)C)ns2)ccc1OCc1cccc(C)c1. The second-order valence-electron chi connectivity index (χ2n) is 8.37. The van der Waals surface area contributed by atoms with Crippen LogP contribution in [-0.4, -0.2) is 36.5 Å². The number of hydrogen-bond acceptors (Lipinski definition) is 9. The maximum absolute atomic E-state index is 12.6. The lowest BCUT2D eigenvalue weighted by Gasteiger charge is -2.12. The summed E-state index contributed by atoms with van der Waals surface area (Å²) in [5, 5.41) is 11.6. The van der Waals surface area contributed by atoms with E-state index in [1.54, 1.807) is 32.0 Å². The minimum absolute atomic E-state index is 0.0130. The van der Waals surface area contributed by atoms with Crippen molar-refractivity contribution in [2.75, 3.05) is 18.2 Å². The summed E-state index contributed by atoms with van der Waals surface area (Å²) in [4.78, 5) is 16.5. The van der Waals surface area contributed by atoms with Crippen LogP contribution < -0.4 is 14.8 Å². The van der Waals surface area contributed by atoms with Crippen molar-refractivity contribution in [3.8, 4) is 17.6 Å². The van der Waals surface area contributed by atoms with Crippen molar-refractivity contribution in [2.24, 2.45) is 5.92 Å². The second kappa shape index (κ2) is 11.8. The van der Waals surface area contributed by atoms with Crippen LogP contribution in [-0.2, 0) is 21.2 Å². The summed E-state index contributed by atoms with van der Waals surface area (Å²) in [5.74, 6) is 0.0232. The number of nitrogens with one attached hydrogen (secondary N) is 1.